The van der Waals surface area contributed by atoms with Gasteiger partial charge in [-0.3, -0.25) is 4.79 Å². The van der Waals surface area contributed by atoms with Gasteiger partial charge in [0.05, 0.1) is 5.69 Å². The number of amides is 1. The molecule has 5 heteroatoms. The molecule has 14 heavy (non-hydrogen) atoms. The lowest BCUT2D eigenvalue weighted by Crippen LogP contribution is -2.28. The van der Waals surface area contributed by atoms with Crippen LogP contribution in [0.1, 0.15) is 11.5 Å². The van der Waals surface area contributed by atoms with Crippen LogP contribution in [0.5, 0.6) is 0 Å². The van der Waals surface area contributed by atoms with Gasteiger partial charge in [0, 0.05) is 26.1 Å². The van der Waals surface area contributed by atoms with E-state index in [0.29, 0.717) is 13.0 Å². The molecule has 1 heterocycles. The van der Waals surface area contributed by atoms with Crippen molar-refractivity contribution in [3.8, 4) is 0 Å². The summed E-state index contributed by atoms with van der Waals surface area (Å²) in [6, 6.07) is 1.85. The molecular weight excluding hydrogens is 184 g/mol. The molecule has 0 fully saturated rings. The van der Waals surface area contributed by atoms with Gasteiger partial charge < -0.3 is 14.6 Å². The van der Waals surface area contributed by atoms with Crippen molar-refractivity contribution in [3.63, 3.8) is 0 Å². The lowest BCUT2D eigenvalue weighted by atomic mass is 10.3. The smallest absolute Gasteiger partial charge is 0.245 e. The third-order valence-corrected chi connectivity index (χ3v) is 1.65. The predicted octanol–water partition coefficient (Wildman–Crippen LogP) is 0.288. The van der Waals surface area contributed by atoms with Crippen molar-refractivity contribution in [2.75, 3.05) is 20.3 Å². The second-order valence-corrected chi connectivity index (χ2v) is 2.97. The number of ether oxygens (including phenoxy) is 1. The van der Waals surface area contributed by atoms with Crippen molar-refractivity contribution in [1.29, 1.82) is 0 Å². The summed E-state index contributed by atoms with van der Waals surface area (Å²) in [7, 11) is 1.49. The summed E-state index contributed by atoms with van der Waals surface area (Å²) in [5, 5.41) is 6.43. The molecule has 0 unspecified atom stereocenters. The molecule has 1 aromatic rings. The van der Waals surface area contributed by atoms with E-state index >= 15 is 0 Å². The fourth-order valence-electron chi connectivity index (χ4n) is 1.04. The van der Waals surface area contributed by atoms with E-state index in [1.165, 1.54) is 7.11 Å². The number of nitrogens with one attached hydrogen (secondary N) is 1. The Bertz CT molecular complexity index is 296. The maximum absolute atomic E-state index is 11.0. The Balaban J connectivity index is 2.18. The molecular formula is C9H14N2O3. The molecule has 0 aliphatic rings. The first-order valence-electron chi connectivity index (χ1n) is 4.40. The van der Waals surface area contributed by atoms with Gasteiger partial charge in [-0.15, -0.1) is 0 Å². The van der Waals surface area contributed by atoms with Crippen LogP contribution in [0, 0.1) is 6.92 Å². The molecule has 1 rings (SSSR count). The first-order valence-corrected chi connectivity index (χ1v) is 4.40. The van der Waals surface area contributed by atoms with E-state index < -0.39 is 0 Å². The molecule has 0 spiro atoms. The highest BCUT2D eigenvalue weighted by atomic mass is 16.5. The summed E-state index contributed by atoms with van der Waals surface area (Å²) in [6.45, 7) is 2.49. The maximum atomic E-state index is 11.0. The van der Waals surface area contributed by atoms with Crippen molar-refractivity contribution < 1.29 is 14.1 Å². The molecule has 5 nitrogen and oxygen atoms in total. The first kappa shape index (κ1) is 10.7. The second-order valence-electron chi connectivity index (χ2n) is 2.97. The minimum atomic E-state index is -0.122. The highest BCUT2D eigenvalue weighted by Gasteiger charge is 2.02. The molecule has 78 valence electrons. The number of carbonyl (C=O) groups excluding carboxylic acids is 1. The van der Waals surface area contributed by atoms with Gasteiger partial charge >= 0.3 is 0 Å². The van der Waals surface area contributed by atoms with E-state index in [1.807, 2.05) is 13.0 Å². The Labute approximate surface area is 82.4 Å². The summed E-state index contributed by atoms with van der Waals surface area (Å²) >= 11 is 0. The zero-order valence-electron chi connectivity index (χ0n) is 8.37. The number of carbonyl (C=O) groups is 1. The number of aryl methyl sites for hydroxylation is 1. The van der Waals surface area contributed by atoms with Gasteiger partial charge in [-0.05, 0) is 6.92 Å². The van der Waals surface area contributed by atoms with Crippen molar-refractivity contribution in [3.05, 3.63) is 17.5 Å². The fourth-order valence-corrected chi connectivity index (χ4v) is 1.04. The van der Waals surface area contributed by atoms with Crippen molar-refractivity contribution in [2.45, 2.75) is 13.3 Å². The summed E-state index contributed by atoms with van der Waals surface area (Å²) in [5.41, 5.74) is 0.850. The van der Waals surface area contributed by atoms with Crippen molar-refractivity contribution >= 4 is 5.91 Å². The highest BCUT2D eigenvalue weighted by Crippen LogP contribution is 2.01. The lowest BCUT2D eigenvalue weighted by Gasteiger charge is -2.01. The average molecular weight is 198 g/mol. The summed E-state index contributed by atoms with van der Waals surface area (Å²) in [6.07, 6.45) is 0.649. The van der Waals surface area contributed by atoms with E-state index in [2.05, 4.69) is 15.2 Å². The van der Waals surface area contributed by atoms with E-state index in [9.17, 15) is 4.79 Å². The molecule has 0 saturated heterocycles. The molecule has 0 atom stereocenters. The van der Waals surface area contributed by atoms with Crippen LogP contribution >= 0.6 is 0 Å². The van der Waals surface area contributed by atoms with Gasteiger partial charge in [0.15, 0.2) is 0 Å². The number of aromatic nitrogens is 1. The third kappa shape index (κ3) is 3.57. The molecule has 0 aliphatic heterocycles. The van der Waals surface area contributed by atoms with Gasteiger partial charge in [0.25, 0.3) is 0 Å². The van der Waals surface area contributed by atoms with Crippen LogP contribution in [-0.2, 0) is 16.0 Å². The zero-order valence-corrected chi connectivity index (χ0v) is 8.37. The Morgan fingerprint density at radius 3 is 3.07 bits per heavy atom. The molecule has 0 aromatic carbocycles. The molecule has 0 aliphatic carbocycles. The summed E-state index contributed by atoms with van der Waals surface area (Å²) in [4.78, 5) is 11.0. The largest absolute Gasteiger partial charge is 0.375 e. The maximum Gasteiger partial charge on any atom is 0.245 e. The van der Waals surface area contributed by atoms with Crippen LogP contribution in [0.4, 0.5) is 0 Å². The minimum absolute atomic E-state index is 0.0927. The molecule has 0 saturated carbocycles. The van der Waals surface area contributed by atoms with Crippen LogP contribution in [0.3, 0.4) is 0 Å². The van der Waals surface area contributed by atoms with E-state index in [-0.39, 0.29) is 12.5 Å². The van der Waals surface area contributed by atoms with E-state index in [0.717, 1.165) is 11.5 Å². The van der Waals surface area contributed by atoms with Gasteiger partial charge in [-0.25, -0.2) is 0 Å². The number of methoxy groups -OCH3 is 1. The monoisotopic (exact) mass is 198 g/mol. The van der Waals surface area contributed by atoms with E-state index in [1.54, 1.807) is 0 Å². The fraction of sp³-hybridized carbons (Fsp3) is 0.556. The van der Waals surface area contributed by atoms with Gasteiger partial charge in [-0.1, -0.05) is 5.16 Å². The van der Waals surface area contributed by atoms with Crippen molar-refractivity contribution in [2.24, 2.45) is 0 Å². The molecule has 1 amide bonds. The quantitative estimate of drug-likeness (QED) is 0.738. The number of hydrogen-bond acceptors (Lipinski definition) is 4. The third-order valence-electron chi connectivity index (χ3n) is 1.65. The van der Waals surface area contributed by atoms with Crippen LogP contribution in [0.15, 0.2) is 10.6 Å². The Morgan fingerprint density at radius 2 is 2.50 bits per heavy atom. The van der Waals surface area contributed by atoms with Crippen molar-refractivity contribution in [1.82, 2.24) is 10.5 Å². The standard InChI is InChI=1S/C9H14N2O3/c1-7-5-8(14-11-7)3-4-10-9(12)6-13-2/h5H,3-4,6H2,1-2H3,(H,10,12). The molecule has 1 N–H and O–H groups in total. The molecule has 1 aromatic heterocycles. The van der Waals surface area contributed by atoms with Crippen LogP contribution in [0.25, 0.3) is 0 Å². The SMILES string of the molecule is COCC(=O)NCCc1cc(C)no1. The summed E-state index contributed by atoms with van der Waals surface area (Å²) in [5.74, 6) is 0.656. The number of hydrogen-bond donors (Lipinski definition) is 1. The Kier molecular flexibility index (Phi) is 4.12. The van der Waals surface area contributed by atoms with Gasteiger partial charge in [0.2, 0.25) is 5.91 Å². The topological polar surface area (TPSA) is 64.4 Å². The van der Waals surface area contributed by atoms with Gasteiger partial charge in [-0.2, -0.15) is 0 Å². The average Bonchev–Trinajstić information content (AvgIpc) is 2.52. The lowest BCUT2D eigenvalue weighted by molar-refractivity contribution is -0.124. The normalized spacial score (nSPS) is 10.1. The van der Waals surface area contributed by atoms with E-state index in [4.69, 9.17) is 4.52 Å². The molecule has 0 bridgehead atoms. The Hall–Kier alpha value is -1.36. The Morgan fingerprint density at radius 1 is 1.71 bits per heavy atom. The number of nitrogens with zero attached hydrogens (tertiary/aromatic N) is 1. The van der Waals surface area contributed by atoms with Gasteiger partial charge in [0.1, 0.15) is 12.4 Å². The number of rotatable bonds is 5. The first-order chi connectivity index (χ1) is 6.72. The molecule has 0 radical (unpaired) electrons. The second kappa shape index (κ2) is 5.39. The summed E-state index contributed by atoms with van der Waals surface area (Å²) < 4.78 is 9.64. The van der Waals surface area contributed by atoms with Crippen LogP contribution in [0.2, 0.25) is 0 Å². The predicted molar refractivity (Wildman–Crippen MR) is 49.8 cm³/mol. The van der Waals surface area contributed by atoms with Crippen LogP contribution in [-0.4, -0.2) is 31.3 Å². The van der Waals surface area contributed by atoms with Crippen LogP contribution < -0.4 is 5.32 Å². The minimum Gasteiger partial charge on any atom is -0.375 e. The zero-order chi connectivity index (χ0) is 10.4. The highest BCUT2D eigenvalue weighted by molar-refractivity contribution is 5.77.